The smallest absolute Gasteiger partial charge is 0.301 e. The van der Waals surface area contributed by atoms with Crippen LogP contribution >= 0.6 is 11.3 Å². The zero-order valence-electron chi connectivity index (χ0n) is 20.5. The first-order valence-corrected chi connectivity index (χ1v) is 12.7. The molecule has 6 rings (SSSR count). The summed E-state index contributed by atoms with van der Waals surface area (Å²) < 4.78 is 25.5. The number of Topliss-reactive ketones (excluding diaryl/α,β-unsaturated/α-hetero) is 1. The van der Waals surface area contributed by atoms with Gasteiger partial charge in [0.25, 0.3) is 5.78 Å². The van der Waals surface area contributed by atoms with Gasteiger partial charge in [-0.3, -0.25) is 14.5 Å². The minimum atomic E-state index is -0.986. The fourth-order valence-corrected chi connectivity index (χ4v) is 5.82. The molecule has 0 radical (unpaired) electrons. The van der Waals surface area contributed by atoms with Gasteiger partial charge in [-0.2, -0.15) is 0 Å². The molecule has 4 aromatic rings. The third kappa shape index (κ3) is 3.84. The number of ether oxygens (including phenoxy) is 2. The molecule has 192 valence electrons. The standard InChI is InChI=1S/C28H22FN3O5S/c1-31-10-11-37-21-9-6-16(13-20(21)31)25(33)23-24(15-4-3-5-18(12-15)36-2)32(27(35)26(23)34)28-30-19-8-7-17(29)14-22(19)38-28/h3-9,12-14,24,33H,10-11H2,1-2H3/b25-23+. The van der Waals surface area contributed by atoms with Gasteiger partial charge in [0.2, 0.25) is 0 Å². The Morgan fingerprint density at radius 3 is 2.82 bits per heavy atom. The highest BCUT2D eigenvalue weighted by Crippen LogP contribution is 2.45. The number of rotatable bonds is 4. The number of carbonyl (C=O) groups excluding carboxylic acids is 2. The Morgan fingerprint density at radius 2 is 2.00 bits per heavy atom. The molecule has 0 saturated carbocycles. The number of hydrogen-bond donors (Lipinski definition) is 1. The SMILES string of the molecule is COc1cccc(C2/C(=C(\O)c3ccc4c(c3)N(C)CCO4)C(=O)C(=O)N2c2nc3ccc(F)cc3s2)c1. The quantitative estimate of drug-likeness (QED) is 0.228. The molecule has 2 aliphatic heterocycles. The van der Waals surface area contributed by atoms with Gasteiger partial charge < -0.3 is 19.5 Å². The van der Waals surface area contributed by atoms with Gasteiger partial charge in [-0.1, -0.05) is 23.5 Å². The molecule has 38 heavy (non-hydrogen) atoms. The average molecular weight is 532 g/mol. The first-order chi connectivity index (χ1) is 18.4. The first kappa shape index (κ1) is 23.9. The van der Waals surface area contributed by atoms with Crippen molar-refractivity contribution in [3.8, 4) is 11.5 Å². The van der Waals surface area contributed by atoms with E-state index in [-0.39, 0.29) is 16.5 Å². The highest BCUT2D eigenvalue weighted by molar-refractivity contribution is 7.22. The molecule has 2 aliphatic rings. The Balaban J connectivity index is 1.55. The number of aliphatic hydroxyl groups is 1. The second kappa shape index (κ2) is 9.14. The fourth-order valence-electron chi connectivity index (χ4n) is 4.80. The lowest BCUT2D eigenvalue weighted by molar-refractivity contribution is -0.132. The monoisotopic (exact) mass is 531 g/mol. The number of aromatic nitrogens is 1. The zero-order chi connectivity index (χ0) is 26.6. The minimum Gasteiger partial charge on any atom is -0.507 e. The number of thiazole rings is 1. The molecule has 3 aromatic carbocycles. The Morgan fingerprint density at radius 1 is 1.16 bits per heavy atom. The second-order valence-electron chi connectivity index (χ2n) is 9.01. The summed E-state index contributed by atoms with van der Waals surface area (Å²) in [6.07, 6.45) is 0. The van der Waals surface area contributed by atoms with Crippen molar-refractivity contribution in [3.63, 3.8) is 0 Å². The summed E-state index contributed by atoms with van der Waals surface area (Å²) in [4.78, 5) is 34.8. The number of carbonyl (C=O) groups is 2. The van der Waals surface area contributed by atoms with Crippen LogP contribution in [-0.4, -0.2) is 49.1 Å². The number of nitrogens with zero attached hydrogens (tertiary/aromatic N) is 3. The van der Waals surface area contributed by atoms with Gasteiger partial charge in [-0.05, 0) is 54.1 Å². The van der Waals surface area contributed by atoms with Crippen LogP contribution in [0.3, 0.4) is 0 Å². The predicted molar refractivity (Wildman–Crippen MR) is 143 cm³/mol. The Kier molecular flexibility index (Phi) is 5.76. The maximum Gasteiger partial charge on any atom is 0.301 e. The molecule has 0 aliphatic carbocycles. The highest BCUT2D eigenvalue weighted by atomic mass is 32.1. The van der Waals surface area contributed by atoms with Crippen molar-refractivity contribution in [3.05, 3.63) is 83.2 Å². The van der Waals surface area contributed by atoms with Crippen molar-refractivity contribution in [2.75, 3.05) is 37.1 Å². The summed E-state index contributed by atoms with van der Waals surface area (Å²) in [5.74, 6) is -1.23. The van der Waals surface area contributed by atoms with Gasteiger partial charge in [-0.15, -0.1) is 0 Å². The van der Waals surface area contributed by atoms with E-state index in [1.54, 1.807) is 42.5 Å². The van der Waals surface area contributed by atoms with Gasteiger partial charge in [0.05, 0.1) is 41.2 Å². The summed E-state index contributed by atoms with van der Waals surface area (Å²) in [6.45, 7) is 1.21. The van der Waals surface area contributed by atoms with E-state index >= 15 is 0 Å². The molecule has 1 atom stereocenters. The summed E-state index contributed by atoms with van der Waals surface area (Å²) in [5.41, 5.74) is 2.11. The Labute approximate surface area is 221 Å². The van der Waals surface area contributed by atoms with Crippen LogP contribution in [0.4, 0.5) is 15.2 Å². The lowest BCUT2D eigenvalue weighted by Gasteiger charge is -2.28. The van der Waals surface area contributed by atoms with Gasteiger partial charge in [0.1, 0.15) is 29.7 Å². The normalized spacial score (nSPS) is 18.6. The van der Waals surface area contributed by atoms with E-state index in [0.29, 0.717) is 46.0 Å². The van der Waals surface area contributed by atoms with E-state index in [1.165, 1.54) is 30.2 Å². The number of benzene rings is 3. The van der Waals surface area contributed by atoms with Gasteiger partial charge in [0.15, 0.2) is 5.13 Å². The highest BCUT2D eigenvalue weighted by Gasteiger charge is 2.48. The number of methoxy groups -OCH3 is 1. The second-order valence-corrected chi connectivity index (χ2v) is 10.0. The third-order valence-corrected chi connectivity index (χ3v) is 7.74. The maximum absolute atomic E-state index is 13.9. The van der Waals surface area contributed by atoms with Crippen LogP contribution in [0.2, 0.25) is 0 Å². The number of anilines is 2. The Bertz CT molecular complexity index is 1650. The van der Waals surface area contributed by atoms with Crippen LogP contribution in [0.15, 0.2) is 66.2 Å². The molecule has 0 spiro atoms. The van der Waals surface area contributed by atoms with Crippen molar-refractivity contribution in [1.82, 2.24) is 4.98 Å². The van der Waals surface area contributed by atoms with Crippen molar-refractivity contribution in [2.45, 2.75) is 6.04 Å². The first-order valence-electron chi connectivity index (χ1n) is 11.8. The zero-order valence-corrected chi connectivity index (χ0v) is 21.3. The van der Waals surface area contributed by atoms with Crippen molar-refractivity contribution in [1.29, 1.82) is 0 Å². The molecule has 8 nitrogen and oxygen atoms in total. The number of ketones is 1. The van der Waals surface area contributed by atoms with Crippen molar-refractivity contribution >= 4 is 49.8 Å². The summed E-state index contributed by atoms with van der Waals surface area (Å²) in [6, 6.07) is 15.2. The molecule has 3 heterocycles. The van der Waals surface area contributed by atoms with E-state index in [1.807, 2.05) is 11.9 Å². The van der Waals surface area contributed by atoms with Crippen LogP contribution in [-0.2, 0) is 9.59 Å². The number of likely N-dealkylation sites (N-methyl/N-ethyl adjacent to an activating group) is 1. The number of hydrogen-bond acceptors (Lipinski definition) is 8. The molecule has 1 aromatic heterocycles. The van der Waals surface area contributed by atoms with E-state index in [0.717, 1.165) is 17.0 Å². The number of fused-ring (bicyclic) bond motifs is 2. The van der Waals surface area contributed by atoms with E-state index < -0.39 is 23.5 Å². The molecule has 1 unspecified atom stereocenters. The molecular weight excluding hydrogens is 509 g/mol. The third-order valence-electron chi connectivity index (χ3n) is 6.73. The molecular formula is C28H22FN3O5S. The predicted octanol–water partition coefficient (Wildman–Crippen LogP) is 4.90. The molecule has 1 saturated heterocycles. The lowest BCUT2D eigenvalue weighted by Crippen LogP contribution is -2.29. The number of amides is 1. The van der Waals surface area contributed by atoms with Crippen molar-refractivity contribution in [2.24, 2.45) is 0 Å². The topological polar surface area (TPSA) is 92.2 Å². The average Bonchev–Trinajstić information content (AvgIpc) is 3.45. The maximum atomic E-state index is 13.9. The molecule has 10 heteroatoms. The van der Waals surface area contributed by atoms with Gasteiger partial charge in [-0.25, -0.2) is 9.37 Å². The number of halogens is 1. The summed E-state index contributed by atoms with van der Waals surface area (Å²) in [5, 5.41) is 11.7. The summed E-state index contributed by atoms with van der Waals surface area (Å²) in [7, 11) is 3.43. The Hall–Kier alpha value is -4.44. The summed E-state index contributed by atoms with van der Waals surface area (Å²) >= 11 is 1.09. The molecule has 0 bridgehead atoms. The largest absolute Gasteiger partial charge is 0.507 e. The van der Waals surface area contributed by atoms with E-state index in [2.05, 4.69) is 4.98 Å². The van der Waals surface area contributed by atoms with Crippen LogP contribution in [0, 0.1) is 5.82 Å². The van der Waals surface area contributed by atoms with Gasteiger partial charge in [0, 0.05) is 12.6 Å². The van der Waals surface area contributed by atoms with Crippen LogP contribution in [0.1, 0.15) is 17.2 Å². The molecule has 1 N–H and O–H groups in total. The van der Waals surface area contributed by atoms with Crippen molar-refractivity contribution < 1.29 is 28.6 Å². The molecule has 1 amide bonds. The number of aliphatic hydroxyl groups excluding tert-OH is 1. The van der Waals surface area contributed by atoms with Crippen LogP contribution in [0.5, 0.6) is 11.5 Å². The van der Waals surface area contributed by atoms with E-state index in [9.17, 15) is 19.1 Å². The minimum absolute atomic E-state index is 0.0759. The van der Waals surface area contributed by atoms with E-state index in [4.69, 9.17) is 9.47 Å². The van der Waals surface area contributed by atoms with Crippen LogP contribution in [0.25, 0.3) is 16.0 Å². The fraction of sp³-hybridized carbons (Fsp3) is 0.179. The van der Waals surface area contributed by atoms with Gasteiger partial charge >= 0.3 is 5.91 Å². The molecule has 1 fully saturated rings. The lowest BCUT2D eigenvalue weighted by atomic mass is 9.95. The van der Waals surface area contributed by atoms with Crippen LogP contribution < -0.4 is 19.3 Å².